The first-order chi connectivity index (χ1) is 19.6. The summed E-state index contributed by atoms with van der Waals surface area (Å²) in [7, 11) is -2.77. The van der Waals surface area contributed by atoms with E-state index in [1.807, 2.05) is 24.3 Å². The van der Waals surface area contributed by atoms with Gasteiger partial charge in [0.05, 0.1) is 38.4 Å². The number of amides is 1. The fourth-order valence-corrected chi connectivity index (χ4v) is 10.6. The van der Waals surface area contributed by atoms with Crippen molar-refractivity contribution in [3.63, 3.8) is 0 Å². The van der Waals surface area contributed by atoms with Gasteiger partial charge in [0.2, 0.25) is 0 Å². The molecule has 0 aliphatic carbocycles. The van der Waals surface area contributed by atoms with Crippen molar-refractivity contribution < 1.29 is 9.22 Å². The van der Waals surface area contributed by atoms with E-state index in [0.717, 1.165) is 5.56 Å². The van der Waals surface area contributed by atoms with Crippen molar-refractivity contribution in [1.82, 2.24) is 4.98 Å². The van der Waals surface area contributed by atoms with E-state index in [2.05, 4.69) is 74.6 Å². The molecule has 0 aliphatic rings. The zero-order valence-electron chi connectivity index (χ0n) is 22.9. The highest BCUT2D eigenvalue weighted by Crippen LogP contribution is 2.38. The van der Waals surface area contributed by atoms with Gasteiger partial charge in [-0.2, -0.15) is 0 Å². The predicted octanol–water partition coefficient (Wildman–Crippen LogP) is 8.52. The number of hydrogen-bond donors (Lipinski definition) is 1. The SMILES string of the molecule is CC(C)(C)[Si](OCc1cnc2c(NC(=O)c3c(Cl)cccc3Cl)cccc2c1Cl)(c1ccccc1)c1ccccc1. The van der Waals surface area contributed by atoms with Crippen molar-refractivity contribution in [2.75, 3.05) is 5.32 Å². The number of fused-ring (bicyclic) bond motifs is 1. The average molecular weight is 620 g/mol. The molecule has 0 unspecified atom stereocenters. The van der Waals surface area contributed by atoms with E-state index < -0.39 is 14.2 Å². The number of carbonyl (C=O) groups excluding carboxylic acids is 1. The maximum absolute atomic E-state index is 13.1. The summed E-state index contributed by atoms with van der Waals surface area (Å²) in [6.45, 7) is 6.99. The molecule has 0 spiro atoms. The second-order valence-electron chi connectivity index (χ2n) is 10.8. The Morgan fingerprint density at radius 1 is 0.805 bits per heavy atom. The van der Waals surface area contributed by atoms with Crippen molar-refractivity contribution in [3.05, 3.63) is 129 Å². The molecular formula is C33H29Cl3N2O2Si. The fraction of sp³-hybridized carbons (Fsp3) is 0.152. The molecule has 5 rings (SSSR count). The van der Waals surface area contributed by atoms with Crippen molar-refractivity contribution in [1.29, 1.82) is 0 Å². The number of halogens is 3. The Hall–Kier alpha value is -3.19. The molecule has 1 N–H and O–H groups in total. The molecule has 0 saturated heterocycles. The van der Waals surface area contributed by atoms with Crippen LogP contribution in [0, 0.1) is 0 Å². The number of anilines is 1. The van der Waals surface area contributed by atoms with Crippen LogP contribution >= 0.6 is 34.8 Å². The largest absolute Gasteiger partial charge is 0.403 e. The molecule has 208 valence electrons. The van der Waals surface area contributed by atoms with Gasteiger partial charge in [-0.05, 0) is 33.6 Å². The molecule has 0 fully saturated rings. The average Bonchev–Trinajstić information content (AvgIpc) is 2.95. The lowest BCUT2D eigenvalue weighted by molar-refractivity contribution is 0.102. The molecule has 4 nitrogen and oxygen atoms in total. The highest BCUT2D eigenvalue weighted by atomic mass is 35.5. The third kappa shape index (κ3) is 5.65. The first-order valence-electron chi connectivity index (χ1n) is 13.2. The van der Waals surface area contributed by atoms with Crippen molar-refractivity contribution in [3.8, 4) is 0 Å². The number of nitrogens with zero attached hydrogens (tertiary/aromatic N) is 1. The lowest BCUT2D eigenvalue weighted by atomic mass is 10.1. The third-order valence-electron chi connectivity index (χ3n) is 7.20. The van der Waals surface area contributed by atoms with E-state index in [9.17, 15) is 4.79 Å². The Kier molecular flexibility index (Phi) is 8.55. The van der Waals surface area contributed by atoms with Gasteiger partial charge in [0.1, 0.15) is 0 Å². The van der Waals surface area contributed by atoms with Gasteiger partial charge in [0, 0.05) is 17.1 Å². The van der Waals surface area contributed by atoms with Gasteiger partial charge in [0.25, 0.3) is 14.2 Å². The smallest absolute Gasteiger partial charge is 0.261 e. The maximum Gasteiger partial charge on any atom is 0.261 e. The summed E-state index contributed by atoms with van der Waals surface area (Å²) in [5.41, 5.74) is 2.03. The topological polar surface area (TPSA) is 51.2 Å². The summed E-state index contributed by atoms with van der Waals surface area (Å²) in [6.07, 6.45) is 1.72. The molecule has 0 saturated carbocycles. The van der Waals surface area contributed by atoms with E-state index in [4.69, 9.17) is 44.2 Å². The minimum atomic E-state index is -2.77. The lowest BCUT2D eigenvalue weighted by Gasteiger charge is -2.43. The maximum atomic E-state index is 13.1. The van der Waals surface area contributed by atoms with Crippen LogP contribution in [0.15, 0.2) is 103 Å². The minimum absolute atomic E-state index is 0.177. The molecule has 0 atom stereocenters. The van der Waals surface area contributed by atoms with Gasteiger partial charge in [0.15, 0.2) is 0 Å². The quantitative estimate of drug-likeness (QED) is 0.186. The Morgan fingerprint density at radius 3 is 1.93 bits per heavy atom. The van der Waals surface area contributed by atoms with Gasteiger partial charge < -0.3 is 9.74 Å². The van der Waals surface area contributed by atoms with E-state index in [1.54, 1.807) is 30.5 Å². The molecule has 0 radical (unpaired) electrons. The van der Waals surface area contributed by atoms with E-state index >= 15 is 0 Å². The van der Waals surface area contributed by atoms with Crippen LogP contribution in [-0.4, -0.2) is 19.2 Å². The van der Waals surface area contributed by atoms with Crippen LogP contribution in [0.25, 0.3) is 10.9 Å². The summed E-state index contributed by atoms with van der Waals surface area (Å²) in [6, 6.07) is 31.3. The van der Waals surface area contributed by atoms with Crippen LogP contribution in [-0.2, 0) is 11.0 Å². The number of hydrogen-bond acceptors (Lipinski definition) is 3. The zero-order valence-corrected chi connectivity index (χ0v) is 26.2. The molecule has 0 bridgehead atoms. The minimum Gasteiger partial charge on any atom is -0.403 e. The Bertz CT molecular complexity index is 1650. The molecule has 0 aliphatic heterocycles. The van der Waals surface area contributed by atoms with Gasteiger partial charge in [-0.3, -0.25) is 9.78 Å². The second-order valence-corrected chi connectivity index (χ2v) is 16.3. The highest BCUT2D eigenvalue weighted by molar-refractivity contribution is 6.99. The Balaban J connectivity index is 1.52. The number of benzene rings is 4. The molecule has 1 aromatic heterocycles. The molecule has 4 aromatic carbocycles. The van der Waals surface area contributed by atoms with Gasteiger partial charge >= 0.3 is 0 Å². The fourth-order valence-electron chi connectivity index (χ4n) is 5.28. The van der Waals surface area contributed by atoms with Gasteiger partial charge in [-0.25, -0.2) is 0 Å². The van der Waals surface area contributed by atoms with Crippen LogP contribution in [0.5, 0.6) is 0 Å². The lowest BCUT2D eigenvalue weighted by Crippen LogP contribution is -2.66. The highest BCUT2D eigenvalue weighted by Gasteiger charge is 2.50. The Labute approximate surface area is 256 Å². The number of rotatable bonds is 7. The summed E-state index contributed by atoms with van der Waals surface area (Å²) < 4.78 is 7.08. The van der Waals surface area contributed by atoms with Crippen LogP contribution in [0.3, 0.4) is 0 Å². The second kappa shape index (κ2) is 12.0. The van der Waals surface area contributed by atoms with Gasteiger partial charge in [-0.15, -0.1) is 0 Å². The monoisotopic (exact) mass is 618 g/mol. The number of pyridine rings is 1. The van der Waals surface area contributed by atoms with Crippen molar-refractivity contribution in [2.45, 2.75) is 32.4 Å². The molecule has 5 aromatic rings. The molecule has 1 amide bonds. The summed E-state index contributed by atoms with van der Waals surface area (Å²) in [4.78, 5) is 17.8. The van der Waals surface area contributed by atoms with Crippen LogP contribution < -0.4 is 15.7 Å². The molecule has 8 heteroatoms. The number of carbonyl (C=O) groups is 1. The molecular weight excluding hydrogens is 591 g/mol. The normalized spacial score (nSPS) is 12.0. The van der Waals surface area contributed by atoms with Crippen LogP contribution in [0.4, 0.5) is 5.69 Å². The number of aromatic nitrogens is 1. The van der Waals surface area contributed by atoms with E-state index in [1.165, 1.54) is 10.4 Å². The molecule has 1 heterocycles. The first kappa shape index (κ1) is 29.3. The van der Waals surface area contributed by atoms with Crippen LogP contribution in [0.2, 0.25) is 20.1 Å². The summed E-state index contributed by atoms with van der Waals surface area (Å²) in [5.74, 6) is -0.426. The zero-order chi connectivity index (χ0) is 29.2. The first-order valence-corrected chi connectivity index (χ1v) is 16.2. The van der Waals surface area contributed by atoms with Gasteiger partial charge in [-0.1, -0.05) is 134 Å². The van der Waals surface area contributed by atoms with Crippen molar-refractivity contribution in [2.24, 2.45) is 0 Å². The Morgan fingerprint density at radius 2 is 1.37 bits per heavy atom. The standard InChI is InChI=1S/C33H29Cl3N2O2Si/c1-33(2,3)41(23-12-6-4-7-13-23,24-14-8-5-9-15-24)40-21-22-20-37-31-25(30(22)36)16-10-19-28(31)38-32(39)29-26(34)17-11-18-27(29)35/h4-20H,21H2,1-3H3,(H,38,39). The molecule has 41 heavy (non-hydrogen) atoms. The summed E-state index contributed by atoms with van der Waals surface area (Å²) in [5, 5.41) is 6.86. The summed E-state index contributed by atoms with van der Waals surface area (Å²) >= 11 is 19.5. The predicted molar refractivity (Wildman–Crippen MR) is 174 cm³/mol. The van der Waals surface area contributed by atoms with Crippen molar-refractivity contribution >= 4 is 76.0 Å². The third-order valence-corrected chi connectivity index (χ3v) is 13.3. The van der Waals surface area contributed by atoms with E-state index in [-0.39, 0.29) is 27.3 Å². The van der Waals surface area contributed by atoms with Crippen LogP contribution in [0.1, 0.15) is 36.7 Å². The number of nitrogens with one attached hydrogen (secondary N) is 1. The van der Waals surface area contributed by atoms with E-state index in [0.29, 0.717) is 21.6 Å². The number of para-hydroxylation sites is 1.